The summed E-state index contributed by atoms with van der Waals surface area (Å²) in [7, 11) is 0. The van der Waals surface area contributed by atoms with Gasteiger partial charge in [-0.15, -0.1) is 0 Å². The maximum Gasteiger partial charge on any atom is 0.150 e. The predicted octanol–water partition coefficient (Wildman–Crippen LogP) is 4.00. The lowest BCUT2D eigenvalue weighted by Gasteiger charge is -2.10. The highest BCUT2D eigenvalue weighted by Crippen LogP contribution is 2.31. The van der Waals surface area contributed by atoms with Crippen LogP contribution in [0.5, 0.6) is 11.5 Å². The van der Waals surface area contributed by atoms with Crippen molar-refractivity contribution < 1.29 is 4.74 Å². The molecule has 3 nitrogen and oxygen atoms in total. The number of anilines is 1. The Balaban J connectivity index is 2.40. The first-order chi connectivity index (χ1) is 8.60. The molecule has 0 heterocycles. The first-order valence-electron chi connectivity index (χ1n) is 5.34. The lowest BCUT2D eigenvalue weighted by Crippen LogP contribution is -1.94. The number of hydrogen-bond donors (Lipinski definition) is 1. The van der Waals surface area contributed by atoms with Crippen LogP contribution in [0.3, 0.4) is 0 Å². The van der Waals surface area contributed by atoms with Crippen molar-refractivity contribution in [2.24, 2.45) is 0 Å². The SMILES string of the molecule is Cc1ccc(Oc2cc(Br)ccc2C#N)c(N)c1. The third-order valence-electron chi connectivity index (χ3n) is 2.45. The Bertz CT molecular complexity index is 632. The largest absolute Gasteiger partial charge is 0.454 e. The van der Waals surface area contributed by atoms with Gasteiger partial charge in [-0.2, -0.15) is 5.26 Å². The zero-order valence-electron chi connectivity index (χ0n) is 9.77. The van der Waals surface area contributed by atoms with E-state index in [1.54, 1.807) is 24.3 Å². The minimum absolute atomic E-state index is 0.471. The topological polar surface area (TPSA) is 59.0 Å². The van der Waals surface area contributed by atoms with Crippen LogP contribution in [0.1, 0.15) is 11.1 Å². The number of halogens is 1. The molecule has 0 aliphatic heterocycles. The van der Waals surface area contributed by atoms with Crippen LogP contribution in [0, 0.1) is 18.3 Å². The Kier molecular flexibility index (Phi) is 3.54. The molecule has 0 unspecified atom stereocenters. The molecule has 0 bridgehead atoms. The van der Waals surface area contributed by atoms with Gasteiger partial charge in [-0.3, -0.25) is 0 Å². The van der Waals surface area contributed by atoms with Gasteiger partial charge in [-0.05, 0) is 42.8 Å². The van der Waals surface area contributed by atoms with Gasteiger partial charge in [0, 0.05) is 4.47 Å². The van der Waals surface area contributed by atoms with Crippen molar-refractivity contribution in [2.45, 2.75) is 6.92 Å². The van der Waals surface area contributed by atoms with E-state index in [1.165, 1.54) is 0 Å². The maximum absolute atomic E-state index is 9.02. The van der Waals surface area contributed by atoms with E-state index in [1.807, 2.05) is 19.1 Å². The Morgan fingerprint density at radius 3 is 2.61 bits per heavy atom. The second kappa shape index (κ2) is 5.11. The van der Waals surface area contributed by atoms with Crippen LogP contribution in [0.4, 0.5) is 5.69 Å². The maximum atomic E-state index is 9.02. The highest BCUT2D eigenvalue weighted by atomic mass is 79.9. The van der Waals surface area contributed by atoms with Gasteiger partial charge >= 0.3 is 0 Å². The Labute approximate surface area is 114 Å². The fraction of sp³-hybridized carbons (Fsp3) is 0.0714. The van der Waals surface area contributed by atoms with Gasteiger partial charge in [0.2, 0.25) is 0 Å². The van der Waals surface area contributed by atoms with E-state index in [9.17, 15) is 0 Å². The normalized spacial score (nSPS) is 9.83. The third kappa shape index (κ3) is 2.63. The van der Waals surface area contributed by atoms with Crippen LogP contribution in [-0.2, 0) is 0 Å². The molecule has 2 N–H and O–H groups in total. The third-order valence-corrected chi connectivity index (χ3v) is 2.94. The molecule has 2 aromatic carbocycles. The summed E-state index contributed by atoms with van der Waals surface area (Å²) in [5, 5.41) is 9.02. The summed E-state index contributed by atoms with van der Waals surface area (Å²) >= 11 is 3.35. The van der Waals surface area contributed by atoms with Gasteiger partial charge in [0.05, 0.1) is 11.3 Å². The van der Waals surface area contributed by atoms with Crippen LogP contribution < -0.4 is 10.5 Å². The number of ether oxygens (including phenoxy) is 1. The summed E-state index contributed by atoms with van der Waals surface area (Å²) < 4.78 is 6.54. The Morgan fingerprint density at radius 1 is 1.17 bits per heavy atom. The van der Waals surface area contributed by atoms with Crippen LogP contribution in [0.15, 0.2) is 40.9 Å². The fourth-order valence-electron chi connectivity index (χ4n) is 1.55. The van der Waals surface area contributed by atoms with Gasteiger partial charge in [0.15, 0.2) is 0 Å². The molecule has 0 atom stereocenters. The van der Waals surface area contributed by atoms with Gasteiger partial charge < -0.3 is 10.5 Å². The lowest BCUT2D eigenvalue weighted by molar-refractivity contribution is 0.483. The van der Waals surface area contributed by atoms with Gasteiger partial charge in [-0.1, -0.05) is 22.0 Å². The standard InChI is InChI=1S/C14H11BrN2O/c1-9-2-5-13(12(17)6-9)18-14-7-11(15)4-3-10(14)8-16/h2-7H,17H2,1H3. The predicted molar refractivity (Wildman–Crippen MR) is 74.5 cm³/mol. The van der Waals surface area contributed by atoms with Crippen molar-refractivity contribution >= 4 is 21.6 Å². The van der Waals surface area contributed by atoms with Crippen molar-refractivity contribution in [1.29, 1.82) is 5.26 Å². The van der Waals surface area contributed by atoms with Gasteiger partial charge in [0.1, 0.15) is 17.6 Å². The number of benzene rings is 2. The monoisotopic (exact) mass is 302 g/mol. The molecule has 18 heavy (non-hydrogen) atoms. The van der Waals surface area contributed by atoms with Crippen molar-refractivity contribution in [3.05, 3.63) is 52.0 Å². The number of nitrogen functional groups attached to an aromatic ring is 1. The summed E-state index contributed by atoms with van der Waals surface area (Å²) in [6.07, 6.45) is 0. The van der Waals surface area contributed by atoms with Gasteiger partial charge in [-0.25, -0.2) is 0 Å². The molecule has 0 saturated carbocycles. The van der Waals surface area contributed by atoms with E-state index in [0.717, 1.165) is 10.0 Å². The summed E-state index contributed by atoms with van der Waals surface area (Å²) in [5.74, 6) is 1.04. The van der Waals surface area contributed by atoms with Crippen LogP contribution in [0.25, 0.3) is 0 Å². The number of rotatable bonds is 2. The Hall–Kier alpha value is -1.99. The van der Waals surface area contributed by atoms with Crippen LogP contribution in [-0.4, -0.2) is 0 Å². The molecule has 2 rings (SSSR count). The smallest absolute Gasteiger partial charge is 0.150 e. The Morgan fingerprint density at radius 2 is 1.94 bits per heavy atom. The van der Waals surface area contributed by atoms with Crippen molar-refractivity contribution in [3.8, 4) is 17.6 Å². The molecule has 90 valence electrons. The molecular weight excluding hydrogens is 292 g/mol. The van der Waals surface area contributed by atoms with E-state index in [0.29, 0.717) is 22.7 Å². The van der Waals surface area contributed by atoms with Crippen molar-refractivity contribution in [2.75, 3.05) is 5.73 Å². The molecule has 0 amide bonds. The number of nitriles is 1. The minimum Gasteiger partial charge on any atom is -0.454 e. The molecule has 0 fully saturated rings. The summed E-state index contributed by atoms with van der Waals surface area (Å²) in [6, 6.07) is 12.9. The summed E-state index contributed by atoms with van der Waals surface area (Å²) in [4.78, 5) is 0. The highest BCUT2D eigenvalue weighted by Gasteiger charge is 2.07. The van der Waals surface area contributed by atoms with E-state index >= 15 is 0 Å². The summed E-state index contributed by atoms with van der Waals surface area (Å²) in [5.41, 5.74) is 7.97. The molecule has 0 aliphatic rings. The lowest BCUT2D eigenvalue weighted by atomic mass is 10.2. The molecule has 0 aliphatic carbocycles. The number of aryl methyl sites for hydroxylation is 1. The van der Waals surface area contributed by atoms with E-state index < -0.39 is 0 Å². The molecule has 2 aromatic rings. The zero-order valence-corrected chi connectivity index (χ0v) is 11.4. The molecule has 0 saturated heterocycles. The van der Waals surface area contributed by atoms with E-state index in [4.69, 9.17) is 15.7 Å². The number of hydrogen-bond acceptors (Lipinski definition) is 3. The van der Waals surface area contributed by atoms with E-state index in [2.05, 4.69) is 22.0 Å². The van der Waals surface area contributed by atoms with Crippen LogP contribution >= 0.6 is 15.9 Å². The first kappa shape index (κ1) is 12.5. The molecule has 0 aromatic heterocycles. The molecule has 0 spiro atoms. The second-order valence-corrected chi connectivity index (χ2v) is 4.81. The average molecular weight is 303 g/mol. The van der Waals surface area contributed by atoms with Gasteiger partial charge in [0.25, 0.3) is 0 Å². The highest BCUT2D eigenvalue weighted by molar-refractivity contribution is 9.10. The average Bonchev–Trinajstić information content (AvgIpc) is 2.33. The second-order valence-electron chi connectivity index (χ2n) is 3.90. The molecule has 0 radical (unpaired) electrons. The molecule has 4 heteroatoms. The number of nitrogens with two attached hydrogens (primary N) is 1. The fourth-order valence-corrected chi connectivity index (χ4v) is 1.89. The molecular formula is C14H11BrN2O. The van der Waals surface area contributed by atoms with E-state index in [-0.39, 0.29) is 0 Å². The minimum atomic E-state index is 0.471. The van der Waals surface area contributed by atoms with Crippen molar-refractivity contribution in [1.82, 2.24) is 0 Å². The van der Waals surface area contributed by atoms with Crippen LogP contribution in [0.2, 0.25) is 0 Å². The number of nitrogens with zero attached hydrogens (tertiary/aromatic N) is 1. The van der Waals surface area contributed by atoms with Crippen molar-refractivity contribution in [3.63, 3.8) is 0 Å². The quantitative estimate of drug-likeness (QED) is 0.853. The summed E-state index contributed by atoms with van der Waals surface area (Å²) in [6.45, 7) is 1.96. The first-order valence-corrected chi connectivity index (χ1v) is 6.13. The zero-order chi connectivity index (χ0) is 13.1.